The Bertz CT molecular complexity index is 962. The molecule has 2 fully saturated rings. The summed E-state index contributed by atoms with van der Waals surface area (Å²) in [5, 5.41) is 2.40. The van der Waals surface area contributed by atoms with Crippen LogP contribution in [0.25, 0.3) is 0 Å². The van der Waals surface area contributed by atoms with Crippen LogP contribution in [0.15, 0.2) is 34.1 Å². The smallest absolute Gasteiger partial charge is 0.289 e. The predicted octanol–water partition coefficient (Wildman–Crippen LogP) is 1.56. The van der Waals surface area contributed by atoms with Gasteiger partial charge in [-0.2, -0.15) is 0 Å². The summed E-state index contributed by atoms with van der Waals surface area (Å²) in [7, 11) is 0. The number of para-hydroxylation sites is 1. The second kappa shape index (κ2) is 9.11. The number of thiazole rings is 1. The number of hydrazine groups is 1. The van der Waals surface area contributed by atoms with E-state index in [0.29, 0.717) is 13.2 Å². The molecular weight excluding hydrogens is 474 g/mol. The van der Waals surface area contributed by atoms with Gasteiger partial charge >= 0.3 is 0 Å². The largest absolute Gasteiger partial charge is 0.378 e. The fraction of sp³-hybridized carbons (Fsp3) is 0.368. The average Bonchev–Trinajstić information content (AvgIpc) is 3.40. The molecule has 11 heteroatoms. The van der Waals surface area contributed by atoms with Crippen LogP contribution in [-0.2, 0) is 14.3 Å². The highest BCUT2D eigenvalue weighted by molar-refractivity contribution is 9.10. The highest BCUT2D eigenvalue weighted by atomic mass is 79.9. The summed E-state index contributed by atoms with van der Waals surface area (Å²) in [6.45, 7) is 2.98. The number of amides is 3. The number of hydrogen-bond donors (Lipinski definition) is 2. The molecule has 30 heavy (non-hydrogen) atoms. The SMILES string of the molecule is O=C(NNC(=O)C1CC(=O)N(c2ccccc2Br)C1)c1csc(N2CCOCC2)n1. The van der Waals surface area contributed by atoms with E-state index in [4.69, 9.17) is 4.74 Å². The van der Waals surface area contributed by atoms with Gasteiger partial charge in [0, 0.05) is 35.9 Å². The summed E-state index contributed by atoms with van der Waals surface area (Å²) >= 11 is 4.80. The van der Waals surface area contributed by atoms with Gasteiger partial charge in [0.05, 0.1) is 24.8 Å². The van der Waals surface area contributed by atoms with Crippen molar-refractivity contribution in [2.75, 3.05) is 42.6 Å². The summed E-state index contributed by atoms with van der Waals surface area (Å²) in [4.78, 5) is 45.2. The predicted molar refractivity (Wildman–Crippen MR) is 115 cm³/mol. The van der Waals surface area contributed by atoms with Crippen molar-refractivity contribution in [1.82, 2.24) is 15.8 Å². The van der Waals surface area contributed by atoms with Crippen molar-refractivity contribution in [2.45, 2.75) is 6.42 Å². The highest BCUT2D eigenvalue weighted by Crippen LogP contribution is 2.31. The third-order valence-corrected chi connectivity index (χ3v) is 6.52. The number of halogens is 1. The standard InChI is InChI=1S/C19H20BrN5O4S/c20-13-3-1-2-4-15(13)25-10-12(9-16(25)26)17(27)22-23-18(28)14-11-30-19(21-14)24-5-7-29-8-6-24/h1-4,11-12H,5-10H2,(H,22,27)(H,23,28). The number of nitrogens with one attached hydrogen (secondary N) is 2. The van der Waals surface area contributed by atoms with Gasteiger partial charge in [-0.1, -0.05) is 12.1 Å². The lowest BCUT2D eigenvalue weighted by Gasteiger charge is -2.25. The Morgan fingerprint density at radius 3 is 2.73 bits per heavy atom. The van der Waals surface area contributed by atoms with Crippen molar-refractivity contribution < 1.29 is 19.1 Å². The minimum absolute atomic E-state index is 0.0842. The van der Waals surface area contributed by atoms with Crippen LogP contribution in [0.5, 0.6) is 0 Å². The van der Waals surface area contributed by atoms with Gasteiger partial charge in [0.1, 0.15) is 5.69 Å². The Kier molecular flexibility index (Phi) is 6.30. The summed E-state index contributed by atoms with van der Waals surface area (Å²) in [6, 6.07) is 7.35. The molecule has 1 atom stereocenters. The molecule has 1 aromatic carbocycles. The Morgan fingerprint density at radius 1 is 1.20 bits per heavy atom. The number of ether oxygens (including phenoxy) is 1. The van der Waals surface area contributed by atoms with Crippen LogP contribution in [-0.4, -0.2) is 55.6 Å². The summed E-state index contributed by atoms with van der Waals surface area (Å²) in [5.74, 6) is -1.59. The summed E-state index contributed by atoms with van der Waals surface area (Å²) in [5.41, 5.74) is 5.77. The zero-order valence-corrected chi connectivity index (χ0v) is 18.4. The molecule has 2 saturated heterocycles. The summed E-state index contributed by atoms with van der Waals surface area (Å²) in [6.07, 6.45) is 0.0842. The first kappa shape index (κ1) is 20.8. The third kappa shape index (κ3) is 4.47. The van der Waals surface area contributed by atoms with Crippen molar-refractivity contribution in [3.8, 4) is 0 Å². The number of rotatable bonds is 4. The molecule has 0 bridgehead atoms. The molecule has 2 N–H and O–H groups in total. The number of hydrogen-bond acceptors (Lipinski definition) is 7. The molecule has 4 rings (SSSR count). The van der Waals surface area contributed by atoms with Crippen molar-refractivity contribution in [1.29, 1.82) is 0 Å². The van der Waals surface area contributed by atoms with E-state index in [-0.39, 0.29) is 24.6 Å². The van der Waals surface area contributed by atoms with E-state index < -0.39 is 17.7 Å². The fourth-order valence-electron chi connectivity index (χ4n) is 3.34. The van der Waals surface area contributed by atoms with Crippen molar-refractivity contribution >= 4 is 55.8 Å². The molecule has 9 nitrogen and oxygen atoms in total. The Balaban J connectivity index is 1.31. The zero-order valence-electron chi connectivity index (χ0n) is 16.0. The lowest BCUT2D eigenvalue weighted by Crippen LogP contribution is -2.45. The van der Waals surface area contributed by atoms with E-state index in [2.05, 4.69) is 36.7 Å². The lowest BCUT2D eigenvalue weighted by atomic mass is 10.1. The van der Waals surface area contributed by atoms with Crippen molar-refractivity contribution in [3.63, 3.8) is 0 Å². The highest BCUT2D eigenvalue weighted by Gasteiger charge is 2.36. The topological polar surface area (TPSA) is 104 Å². The number of benzene rings is 1. The summed E-state index contributed by atoms with van der Waals surface area (Å²) < 4.78 is 6.10. The first-order valence-corrected chi connectivity index (χ1v) is 11.1. The van der Waals surface area contributed by atoms with Gasteiger partial charge in [0.15, 0.2) is 5.13 Å². The molecule has 1 aromatic heterocycles. The molecule has 0 radical (unpaired) electrons. The molecular formula is C19H20BrN5O4S. The van der Waals surface area contributed by atoms with Crippen LogP contribution in [0.3, 0.4) is 0 Å². The fourth-order valence-corrected chi connectivity index (χ4v) is 4.70. The molecule has 3 heterocycles. The average molecular weight is 494 g/mol. The Hall–Kier alpha value is -2.50. The second-order valence-corrected chi connectivity index (χ2v) is 8.61. The quantitative estimate of drug-likeness (QED) is 0.626. The van der Waals surface area contributed by atoms with E-state index in [9.17, 15) is 14.4 Å². The van der Waals surface area contributed by atoms with Gasteiger partial charge in [0.25, 0.3) is 5.91 Å². The molecule has 2 aromatic rings. The molecule has 2 aliphatic heterocycles. The third-order valence-electron chi connectivity index (χ3n) is 4.94. The van der Waals surface area contributed by atoms with Crippen LogP contribution < -0.4 is 20.7 Å². The minimum Gasteiger partial charge on any atom is -0.378 e. The number of carbonyl (C=O) groups is 3. The van der Waals surface area contributed by atoms with Gasteiger partial charge < -0.3 is 14.5 Å². The van der Waals surface area contributed by atoms with E-state index in [0.717, 1.165) is 28.4 Å². The normalized spacial score (nSPS) is 19.1. The Labute approximate surface area is 185 Å². The molecule has 1 unspecified atom stereocenters. The molecule has 2 aliphatic rings. The molecule has 158 valence electrons. The molecule has 3 amide bonds. The number of carbonyl (C=O) groups excluding carboxylic acids is 3. The first-order chi connectivity index (χ1) is 14.5. The number of aromatic nitrogens is 1. The molecule has 0 spiro atoms. The van der Waals surface area contributed by atoms with Gasteiger partial charge in [-0.25, -0.2) is 4.98 Å². The number of nitrogens with zero attached hydrogens (tertiary/aromatic N) is 3. The van der Waals surface area contributed by atoms with Crippen LogP contribution in [0.1, 0.15) is 16.9 Å². The van der Waals surface area contributed by atoms with E-state index in [1.807, 2.05) is 24.3 Å². The maximum absolute atomic E-state index is 12.5. The number of morpholine rings is 1. The van der Waals surface area contributed by atoms with Crippen LogP contribution in [0.4, 0.5) is 10.8 Å². The zero-order chi connectivity index (χ0) is 21.1. The maximum atomic E-state index is 12.5. The van der Waals surface area contributed by atoms with Crippen LogP contribution in [0.2, 0.25) is 0 Å². The molecule has 0 saturated carbocycles. The van der Waals surface area contributed by atoms with Crippen molar-refractivity contribution in [3.05, 3.63) is 39.8 Å². The minimum atomic E-state index is -0.552. The van der Waals surface area contributed by atoms with E-state index >= 15 is 0 Å². The van der Waals surface area contributed by atoms with E-state index in [1.54, 1.807) is 10.3 Å². The molecule has 0 aliphatic carbocycles. The monoisotopic (exact) mass is 493 g/mol. The lowest BCUT2D eigenvalue weighted by molar-refractivity contribution is -0.126. The second-order valence-electron chi connectivity index (χ2n) is 6.91. The van der Waals surface area contributed by atoms with Gasteiger partial charge in [0.2, 0.25) is 11.8 Å². The van der Waals surface area contributed by atoms with Crippen LogP contribution in [0, 0.1) is 5.92 Å². The van der Waals surface area contributed by atoms with Gasteiger partial charge in [-0.15, -0.1) is 11.3 Å². The first-order valence-electron chi connectivity index (χ1n) is 9.46. The maximum Gasteiger partial charge on any atom is 0.289 e. The number of anilines is 2. The van der Waals surface area contributed by atoms with Crippen molar-refractivity contribution in [2.24, 2.45) is 5.92 Å². The van der Waals surface area contributed by atoms with Gasteiger partial charge in [-0.3, -0.25) is 25.2 Å². The van der Waals surface area contributed by atoms with Gasteiger partial charge in [-0.05, 0) is 28.1 Å². The van der Waals surface area contributed by atoms with Crippen LogP contribution >= 0.6 is 27.3 Å². The van der Waals surface area contributed by atoms with E-state index in [1.165, 1.54) is 11.3 Å². The Morgan fingerprint density at radius 2 is 1.97 bits per heavy atom.